The Morgan fingerprint density at radius 1 is 1.30 bits per heavy atom. The number of anilines is 2. The van der Waals surface area contributed by atoms with Crippen LogP contribution >= 0.6 is 11.8 Å². The number of nitrogens with one attached hydrogen (secondary N) is 1. The SMILES string of the molecule is Cc1ccc(N2C(=O)CSC2c2cccc(NC(=O)CC(C)C)c2)cc1F. The summed E-state index contributed by atoms with van der Waals surface area (Å²) in [6.07, 6.45) is 0.454. The van der Waals surface area contributed by atoms with Gasteiger partial charge in [0.1, 0.15) is 11.2 Å². The Kier molecular flexibility index (Phi) is 5.85. The van der Waals surface area contributed by atoms with Gasteiger partial charge in [-0.1, -0.05) is 32.0 Å². The maximum Gasteiger partial charge on any atom is 0.238 e. The molecule has 1 heterocycles. The molecule has 4 nitrogen and oxygen atoms in total. The number of halogens is 1. The van der Waals surface area contributed by atoms with Gasteiger partial charge >= 0.3 is 0 Å². The Morgan fingerprint density at radius 3 is 2.78 bits per heavy atom. The second kappa shape index (κ2) is 8.13. The minimum Gasteiger partial charge on any atom is -0.326 e. The highest BCUT2D eigenvalue weighted by molar-refractivity contribution is 8.00. The number of aryl methyl sites for hydroxylation is 1. The molecule has 6 heteroatoms. The summed E-state index contributed by atoms with van der Waals surface area (Å²) >= 11 is 1.50. The molecule has 2 aromatic rings. The molecule has 0 radical (unpaired) electrons. The number of thioether (sulfide) groups is 1. The zero-order valence-corrected chi connectivity index (χ0v) is 16.5. The Hall–Kier alpha value is -2.34. The van der Waals surface area contributed by atoms with Crippen molar-refractivity contribution in [3.63, 3.8) is 0 Å². The number of nitrogens with zero attached hydrogens (tertiary/aromatic N) is 1. The molecule has 2 amide bonds. The molecule has 0 saturated carbocycles. The third-order valence-corrected chi connectivity index (χ3v) is 5.56. The molecule has 0 aliphatic carbocycles. The van der Waals surface area contributed by atoms with Crippen molar-refractivity contribution in [1.82, 2.24) is 0 Å². The first kappa shape index (κ1) is 19.4. The molecule has 1 N–H and O–H groups in total. The Bertz CT molecular complexity index is 869. The normalized spacial score (nSPS) is 16.9. The molecule has 0 spiro atoms. The van der Waals surface area contributed by atoms with Gasteiger partial charge in [0.25, 0.3) is 0 Å². The van der Waals surface area contributed by atoms with E-state index in [1.807, 2.05) is 38.1 Å². The number of carbonyl (C=O) groups excluding carboxylic acids is 2. The van der Waals surface area contributed by atoms with Crippen LogP contribution in [0.5, 0.6) is 0 Å². The van der Waals surface area contributed by atoms with Crippen LogP contribution in [0.4, 0.5) is 15.8 Å². The zero-order chi connectivity index (χ0) is 19.6. The molecule has 0 aromatic heterocycles. The van der Waals surface area contributed by atoms with E-state index < -0.39 is 0 Å². The van der Waals surface area contributed by atoms with Gasteiger partial charge < -0.3 is 5.32 Å². The summed E-state index contributed by atoms with van der Waals surface area (Å²) in [5, 5.41) is 2.66. The van der Waals surface area contributed by atoms with E-state index in [4.69, 9.17) is 0 Å². The number of carbonyl (C=O) groups is 2. The van der Waals surface area contributed by atoms with E-state index in [1.165, 1.54) is 17.8 Å². The highest BCUT2D eigenvalue weighted by Crippen LogP contribution is 2.42. The van der Waals surface area contributed by atoms with Crippen molar-refractivity contribution >= 4 is 35.0 Å². The van der Waals surface area contributed by atoms with Crippen molar-refractivity contribution in [1.29, 1.82) is 0 Å². The lowest BCUT2D eigenvalue weighted by Gasteiger charge is -2.25. The van der Waals surface area contributed by atoms with E-state index in [0.29, 0.717) is 29.1 Å². The van der Waals surface area contributed by atoms with E-state index in [9.17, 15) is 14.0 Å². The average Bonchev–Trinajstić information content (AvgIpc) is 2.98. The minimum atomic E-state index is -0.328. The molecule has 0 bridgehead atoms. The van der Waals surface area contributed by atoms with Crippen molar-refractivity contribution in [2.24, 2.45) is 5.92 Å². The van der Waals surface area contributed by atoms with Gasteiger partial charge in [0, 0.05) is 17.8 Å². The fourth-order valence-corrected chi connectivity index (χ4v) is 4.20. The highest BCUT2D eigenvalue weighted by atomic mass is 32.2. The van der Waals surface area contributed by atoms with Crippen LogP contribution in [0.2, 0.25) is 0 Å². The number of benzene rings is 2. The number of amides is 2. The third-order valence-electron chi connectivity index (χ3n) is 4.35. The van der Waals surface area contributed by atoms with Crippen LogP contribution in [-0.2, 0) is 9.59 Å². The van der Waals surface area contributed by atoms with E-state index in [2.05, 4.69) is 5.32 Å². The maximum atomic E-state index is 14.0. The molecule has 1 aliphatic rings. The fraction of sp³-hybridized carbons (Fsp3) is 0.333. The quantitative estimate of drug-likeness (QED) is 0.795. The van der Waals surface area contributed by atoms with Crippen molar-refractivity contribution in [2.45, 2.75) is 32.6 Å². The third kappa shape index (κ3) is 4.50. The summed E-state index contributed by atoms with van der Waals surface area (Å²) in [5.41, 5.74) is 2.69. The summed E-state index contributed by atoms with van der Waals surface area (Å²) in [7, 11) is 0. The first-order valence-electron chi connectivity index (χ1n) is 8.95. The molecule has 1 unspecified atom stereocenters. The topological polar surface area (TPSA) is 49.4 Å². The molecule has 142 valence electrons. The maximum absolute atomic E-state index is 14.0. The van der Waals surface area contributed by atoms with Gasteiger partial charge in [0.15, 0.2) is 0 Å². The Morgan fingerprint density at radius 2 is 2.07 bits per heavy atom. The van der Waals surface area contributed by atoms with Crippen LogP contribution in [0.1, 0.15) is 36.8 Å². The zero-order valence-electron chi connectivity index (χ0n) is 15.7. The van der Waals surface area contributed by atoms with E-state index in [-0.39, 0.29) is 28.9 Å². The van der Waals surface area contributed by atoms with E-state index in [1.54, 1.807) is 24.0 Å². The first-order chi connectivity index (χ1) is 12.8. The molecule has 2 aromatic carbocycles. The lowest BCUT2D eigenvalue weighted by molar-refractivity contribution is -0.117. The lowest BCUT2D eigenvalue weighted by atomic mass is 10.1. The second-order valence-corrected chi connectivity index (χ2v) is 8.20. The van der Waals surface area contributed by atoms with E-state index >= 15 is 0 Å². The van der Waals surface area contributed by atoms with Crippen LogP contribution in [0, 0.1) is 18.7 Å². The van der Waals surface area contributed by atoms with Crippen molar-refractivity contribution in [3.8, 4) is 0 Å². The van der Waals surface area contributed by atoms with E-state index in [0.717, 1.165) is 5.56 Å². The standard InChI is InChI=1S/C21H23FN2O2S/c1-13(2)9-19(25)23-16-6-4-5-15(10-16)21-24(20(26)12-27-21)17-8-7-14(3)18(22)11-17/h4-8,10-11,13,21H,9,12H2,1-3H3,(H,23,25). The molecule has 1 atom stereocenters. The highest BCUT2D eigenvalue weighted by Gasteiger charge is 2.34. The van der Waals surface area contributed by atoms with Crippen LogP contribution in [0.3, 0.4) is 0 Å². The first-order valence-corrected chi connectivity index (χ1v) is 9.99. The summed E-state index contributed by atoms with van der Waals surface area (Å²) in [5.74, 6) is 0.204. The van der Waals surface area contributed by atoms with Crippen molar-refractivity contribution < 1.29 is 14.0 Å². The fourth-order valence-electron chi connectivity index (χ4n) is 3.03. The molecule has 1 fully saturated rings. The number of rotatable bonds is 5. The second-order valence-electron chi connectivity index (χ2n) is 7.13. The Labute approximate surface area is 163 Å². The van der Waals surface area contributed by atoms with Gasteiger partial charge in [0.2, 0.25) is 11.8 Å². The molecule has 27 heavy (non-hydrogen) atoms. The number of hydrogen-bond acceptors (Lipinski definition) is 3. The van der Waals surface area contributed by atoms with Gasteiger partial charge in [-0.25, -0.2) is 4.39 Å². The van der Waals surface area contributed by atoms with Gasteiger partial charge in [-0.3, -0.25) is 14.5 Å². The molecule has 1 saturated heterocycles. The van der Waals surface area contributed by atoms with Crippen molar-refractivity contribution in [3.05, 3.63) is 59.4 Å². The smallest absolute Gasteiger partial charge is 0.238 e. The van der Waals surface area contributed by atoms with Crippen LogP contribution in [-0.4, -0.2) is 17.6 Å². The minimum absolute atomic E-state index is 0.0326. The monoisotopic (exact) mass is 386 g/mol. The lowest BCUT2D eigenvalue weighted by Crippen LogP contribution is -2.28. The molecular weight excluding hydrogens is 363 g/mol. The molecule has 3 rings (SSSR count). The van der Waals surface area contributed by atoms with Gasteiger partial charge in [-0.15, -0.1) is 11.8 Å². The Balaban J connectivity index is 1.86. The molecule has 1 aliphatic heterocycles. The predicted molar refractivity (Wildman–Crippen MR) is 108 cm³/mol. The summed E-state index contributed by atoms with van der Waals surface area (Å²) in [4.78, 5) is 26.1. The summed E-state index contributed by atoms with van der Waals surface area (Å²) < 4.78 is 14.0. The van der Waals surface area contributed by atoms with Gasteiger partial charge in [0.05, 0.1) is 5.75 Å². The van der Waals surface area contributed by atoms with Crippen molar-refractivity contribution in [2.75, 3.05) is 16.0 Å². The van der Waals surface area contributed by atoms with Crippen LogP contribution in [0.25, 0.3) is 0 Å². The largest absolute Gasteiger partial charge is 0.326 e. The van der Waals surface area contributed by atoms with Crippen LogP contribution < -0.4 is 10.2 Å². The van der Waals surface area contributed by atoms with Crippen LogP contribution in [0.15, 0.2) is 42.5 Å². The predicted octanol–water partition coefficient (Wildman–Crippen LogP) is 4.90. The number of hydrogen-bond donors (Lipinski definition) is 1. The van der Waals surface area contributed by atoms with Gasteiger partial charge in [-0.05, 0) is 48.2 Å². The van der Waals surface area contributed by atoms with Gasteiger partial charge in [-0.2, -0.15) is 0 Å². The molecular formula is C21H23FN2O2S. The summed E-state index contributed by atoms with van der Waals surface area (Å²) in [6.45, 7) is 5.69. The summed E-state index contributed by atoms with van der Waals surface area (Å²) in [6, 6.07) is 12.3. The average molecular weight is 386 g/mol.